The Kier molecular flexibility index (Phi) is 14.9. The molecule has 0 heterocycles. The van der Waals surface area contributed by atoms with Crippen molar-refractivity contribution in [3.8, 4) is 0 Å². The lowest BCUT2D eigenvalue weighted by atomic mass is 9.93. The Bertz CT molecular complexity index is 768. The van der Waals surface area contributed by atoms with Gasteiger partial charge in [0.2, 0.25) is 0 Å². The first-order valence-electron chi connectivity index (χ1n) is 9.91. The summed E-state index contributed by atoms with van der Waals surface area (Å²) < 4.78 is 1.00. The second kappa shape index (κ2) is 16.2. The predicted molar refractivity (Wildman–Crippen MR) is 122 cm³/mol. The molecule has 0 saturated carbocycles. The number of Topliss-reactive ketones (excluding diaryl/α,β-unsaturated/α-hetero) is 1. The van der Waals surface area contributed by atoms with E-state index in [4.69, 9.17) is 0 Å². The highest BCUT2D eigenvalue weighted by Gasteiger charge is 2.14. The largest absolute Gasteiger partial charge is 0.545 e. The van der Waals surface area contributed by atoms with Gasteiger partial charge in [0.05, 0.1) is 11.9 Å². The van der Waals surface area contributed by atoms with Crippen LogP contribution in [0.2, 0.25) is 0 Å². The molecule has 0 bridgehead atoms. The molecule has 0 amide bonds. The molecule has 0 N–H and O–H groups in total. The van der Waals surface area contributed by atoms with E-state index in [1.165, 1.54) is 5.57 Å². The molecule has 31 heavy (non-hydrogen) atoms. The Morgan fingerprint density at radius 2 is 1.65 bits per heavy atom. The number of rotatable bonds is 12. The van der Waals surface area contributed by atoms with Crippen LogP contribution in [0, 0.1) is 5.92 Å². The summed E-state index contributed by atoms with van der Waals surface area (Å²) >= 11 is 3.40. The van der Waals surface area contributed by atoms with Gasteiger partial charge in [-0.15, -0.1) is 6.58 Å². The van der Waals surface area contributed by atoms with Crippen LogP contribution in [0.1, 0.15) is 43.5 Å². The van der Waals surface area contributed by atoms with E-state index in [-0.39, 0.29) is 11.7 Å². The number of carboxylic acid groups (broad SMARTS) is 2. The van der Waals surface area contributed by atoms with Crippen LogP contribution in [0.5, 0.6) is 0 Å². The van der Waals surface area contributed by atoms with E-state index in [1.807, 2.05) is 37.3 Å². The first-order valence-corrected chi connectivity index (χ1v) is 10.7. The van der Waals surface area contributed by atoms with Crippen molar-refractivity contribution >= 4 is 33.7 Å². The van der Waals surface area contributed by atoms with Gasteiger partial charge in [-0.3, -0.25) is 9.69 Å². The van der Waals surface area contributed by atoms with E-state index in [9.17, 15) is 24.6 Å². The van der Waals surface area contributed by atoms with Crippen molar-refractivity contribution < 1.29 is 24.6 Å². The van der Waals surface area contributed by atoms with Crippen LogP contribution in [0.15, 0.2) is 65.2 Å². The monoisotopic (exact) mass is 491 g/mol. The summed E-state index contributed by atoms with van der Waals surface area (Å²) in [4.78, 5) is 33.4. The van der Waals surface area contributed by atoms with Gasteiger partial charge in [0, 0.05) is 29.0 Å². The number of carbonyl (C=O) groups is 3. The van der Waals surface area contributed by atoms with Crippen LogP contribution in [0.25, 0.3) is 0 Å². The molecule has 0 aliphatic heterocycles. The molecule has 0 spiro atoms. The molecule has 6 nitrogen and oxygen atoms in total. The van der Waals surface area contributed by atoms with Crippen molar-refractivity contribution in [2.24, 2.45) is 5.92 Å². The standard InChI is InChI=1S/C20H28BrNO.C4H4O4/c1-5-14-22(4)15-13-16(2)7-6-8-17(3)20(23)18-9-11-19(21)12-10-18;5-3(6)1-2-4(7)8/h5,9-13,17H,1,6-8,14-15H2,2-4H3;1-2H,(H,5,6)(H,7,8)/p-2/b16-13+;2-1+. The maximum atomic E-state index is 12.4. The van der Waals surface area contributed by atoms with Gasteiger partial charge < -0.3 is 19.8 Å². The minimum Gasteiger partial charge on any atom is -0.545 e. The van der Waals surface area contributed by atoms with Gasteiger partial charge in [-0.25, -0.2) is 0 Å². The highest BCUT2D eigenvalue weighted by Crippen LogP contribution is 2.18. The second-order valence-electron chi connectivity index (χ2n) is 7.20. The Morgan fingerprint density at radius 1 is 1.10 bits per heavy atom. The number of allylic oxidation sites excluding steroid dienone is 1. The quantitative estimate of drug-likeness (QED) is 0.253. The van der Waals surface area contributed by atoms with E-state index in [2.05, 4.69) is 47.5 Å². The van der Waals surface area contributed by atoms with Crippen LogP contribution in [0.4, 0.5) is 0 Å². The molecular formula is C24H30BrNO5-2. The Balaban J connectivity index is 0.000000954. The van der Waals surface area contributed by atoms with E-state index in [0.29, 0.717) is 12.2 Å². The Morgan fingerprint density at radius 3 is 2.13 bits per heavy atom. The number of carbonyl (C=O) groups excluding carboxylic acids is 3. The third-order valence-electron chi connectivity index (χ3n) is 4.33. The zero-order valence-electron chi connectivity index (χ0n) is 18.3. The molecule has 170 valence electrons. The van der Waals surface area contributed by atoms with Crippen LogP contribution in [0.3, 0.4) is 0 Å². The van der Waals surface area contributed by atoms with Crippen molar-refractivity contribution in [1.82, 2.24) is 4.90 Å². The van der Waals surface area contributed by atoms with Crippen molar-refractivity contribution in [3.05, 3.63) is 70.8 Å². The second-order valence-corrected chi connectivity index (χ2v) is 8.11. The number of hydrogen-bond donors (Lipinski definition) is 0. The van der Waals surface area contributed by atoms with Crippen molar-refractivity contribution in [3.63, 3.8) is 0 Å². The molecule has 1 rings (SSSR count). The highest BCUT2D eigenvalue weighted by molar-refractivity contribution is 9.10. The summed E-state index contributed by atoms with van der Waals surface area (Å²) in [6.45, 7) is 9.80. The predicted octanol–water partition coefficient (Wildman–Crippen LogP) is 2.54. The summed E-state index contributed by atoms with van der Waals surface area (Å²) in [6.07, 6.45) is 7.99. The molecule has 7 heteroatoms. The smallest absolute Gasteiger partial charge is 0.165 e. The normalized spacial score (nSPS) is 12.2. The zero-order valence-corrected chi connectivity index (χ0v) is 19.9. The van der Waals surface area contributed by atoms with Gasteiger partial charge in [0.25, 0.3) is 0 Å². The highest BCUT2D eigenvalue weighted by atomic mass is 79.9. The van der Waals surface area contributed by atoms with E-state index >= 15 is 0 Å². The maximum absolute atomic E-state index is 12.4. The molecule has 0 aromatic heterocycles. The SMILES string of the molecule is C=CCN(C)C/C=C(\C)CCCC(C)C(=O)c1ccc(Br)cc1.O=C([O-])/C=C/C(=O)[O-]. The van der Waals surface area contributed by atoms with Gasteiger partial charge in [0.1, 0.15) is 0 Å². The lowest BCUT2D eigenvalue weighted by molar-refractivity contribution is -0.301. The van der Waals surface area contributed by atoms with Crippen LogP contribution in [-0.2, 0) is 9.59 Å². The number of hydrogen-bond acceptors (Lipinski definition) is 6. The topological polar surface area (TPSA) is 101 Å². The fourth-order valence-corrected chi connectivity index (χ4v) is 2.83. The van der Waals surface area contributed by atoms with Crippen molar-refractivity contribution in [1.29, 1.82) is 0 Å². The molecule has 1 aromatic carbocycles. The maximum Gasteiger partial charge on any atom is 0.165 e. The molecule has 0 saturated heterocycles. The van der Waals surface area contributed by atoms with Gasteiger partial charge in [-0.05, 0) is 57.5 Å². The van der Waals surface area contributed by atoms with Crippen molar-refractivity contribution in [2.45, 2.75) is 33.1 Å². The van der Waals surface area contributed by atoms with E-state index < -0.39 is 11.9 Å². The van der Waals surface area contributed by atoms with Gasteiger partial charge in [-0.1, -0.05) is 52.7 Å². The van der Waals surface area contributed by atoms with Gasteiger partial charge in [0.15, 0.2) is 5.78 Å². The van der Waals surface area contributed by atoms with Crippen molar-refractivity contribution in [2.75, 3.05) is 20.1 Å². The zero-order chi connectivity index (χ0) is 23.8. The average molecular weight is 492 g/mol. The minimum absolute atomic E-state index is 0.0763. The number of benzene rings is 1. The lowest BCUT2D eigenvalue weighted by Gasteiger charge is -2.13. The van der Waals surface area contributed by atoms with Gasteiger partial charge in [-0.2, -0.15) is 0 Å². The first kappa shape index (κ1) is 28.5. The molecule has 0 fully saturated rings. The third-order valence-corrected chi connectivity index (χ3v) is 4.86. The summed E-state index contributed by atoms with van der Waals surface area (Å²) in [7, 11) is 2.09. The number of carboxylic acids is 2. The average Bonchev–Trinajstić information content (AvgIpc) is 2.71. The molecule has 1 aromatic rings. The Hall–Kier alpha value is -2.51. The number of halogens is 1. The fraction of sp³-hybridized carbons (Fsp3) is 0.375. The van der Waals surface area contributed by atoms with E-state index in [1.54, 1.807) is 0 Å². The van der Waals surface area contributed by atoms with E-state index in [0.717, 1.165) is 42.4 Å². The number of nitrogens with zero attached hydrogens (tertiary/aromatic N) is 1. The molecule has 0 aliphatic rings. The summed E-state index contributed by atoms with van der Waals surface area (Å²) in [5.41, 5.74) is 2.20. The Labute approximate surface area is 193 Å². The molecule has 1 atom stereocenters. The fourth-order valence-electron chi connectivity index (χ4n) is 2.56. The van der Waals surface area contributed by atoms with Crippen LogP contribution in [-0.4, -0.2) is 42.8 Å². The number of ketones is 1. The van der Waals surface area contributed by atoms with Crippen LogP contribution >= 0.6 is 15.9 Å². The number of aliphatic carboxylic acids is 2. The molecular weight excluding hydrogens is 462 g/mol. The molecule has 0 aliphatic carbocycles. The number of likely N-dealkylation sites (N-methyl/N-ethyl adjacent to an activating group) is 1. The summed E-state index contributed by atoms with van der Waals surface area (Å²) in [5.74, 6) is -2.78. The van der Waals surface area contributed by atoms with Gasteiger partial charge >= 0.3 is 0 Å². The summed E-state index contributed by atoms with van der Waals surface area (Å²) in [5, 5.41) is 18.8. The summed E-state index contributed by atoms with van der Waals surface area (Å²) in [6, 6.07) is 7.63. The lowest BCUT2D eigenvalue weighted by Crippen LogP contribution is -2.23. The third kappa shape index (κ3) is 15.0. The molecule has 0 radical (unpaired) electrons. The minimum atomic E-state index is -1.55. The first-order chi connectivity index (χ1) is 14.6. The van der Waals surface area contributed by atoms with Crippen LogP contribution < -0.4 is 10.2 Å². The molecule has 1 unspecified atom stereocenters.